The van der Waals surface area contributed by atoms with E-state index in [0.29, 0.717) is 17.2 Å². The summed E-state index contributed by atoms with van der Waals surface area (Å²) in [5.74, 6) is 8.27. The Morgan fingerprint density at radius 1 is 0.939 bits per heavy atom. The molecular formula is C30H34F2O. The molecule has 0 heterocycles. The Balaban J connectivity index is 1.39. The number of hydrogen-bond acceptors (Lipinski definition) is 1. The summed E-state index contributed by atoms with van der Waals surface area (Å²) in [5.41, 5.74) is 1.67. The fourth-order valence-corrected chi connectivity index (χ4v) is 5.83. The highest BCUT2D eigenvalue weighted by Crippen LogP contribution is 2.48. The molecule has 2 aliphatic rings. The first-order chi connectivity index (χ1) is 16.1. The molecule has 0 radical (unpaired) electrons. The molecule has 0 bridgehead atoms. The Kier molecular flexibility index (Phi) is 7.86. The highest BCUT2D eigenvalue weighted by molar-refractivity contribution is 5.46. The Bertz CT molecular complexity index is 1040. The van der Waals surface area contributed by atoms with Crippen LogP contribution in [-0.4, -0.2) is 7.11 Å². The topological polar surface area (TPSA) is 9.23 Å². The molecule has 0 aliphatic heterocycles. The minimum Gasteiger partial charge on any atom is -0.497 e. The Labute approximate surface area is 197 Å². The van der Waals surface area contributed by atoms with Crippen LogP contribution in [0.4, 0.5) is 8.78 Å². The van der Waals surface area contributed by atoms with E-state index in [9.17, 15) is 4.39 Å². The molecular weight excluding hydrogens is 414 g/mol. The number of benzene rings is 2. The lowest BCUT2D eigenvalue weighted by Gasteiger charge is -2.42. The number of methoxy groups -OCH3 is 1. The van der Waals surface area contributed by atoms with Crippen LogP contribution in [0.25, 0.3) is 0 Å². The second kappa shape index (κ2) is 11.0. The number of ether oxygens (including phenoxy) is 1. The zero-order chi connectivity index (χ0) is 23.2. The molecule has 4 atom stereocenters. The van der Waals surface area contributed by atoms with Crippen LogP contribution in [-0.2, 0) is 0 Å². The fourth-order valence-electron chi connectivity index (χ4n) is 5.83. The third kappa shape index (κ3) is 5.85. The van der Waals surface area contributed by atoms with E-state index >= 15 is 4.39 Å². The molecule has 0 aromatic heterocycles. The smallest absolute Gasteiger partial charge is 0.142 e. The summed E-state index contributed by atoms with van der Waals surface area (Å²) in [5, 5.41) is 0. The summed E-state index contributed by atoms with van der Waals surface area (Å²) >= 11 is 0. The van der Waals surface area contributed by atoms with Crippen LogP contribution in [0.3, 0.4) is 0 Å². The SMILES string of the molecule is C/C=C/CCC1CCC2CC(c3ccc(C#Cc4ccc(OC)cc4F)cc3F)CCC2C1. The van der Waals surface area contributed by atoms with E-state index in [0.717, 1.165) is 36.2 Å². The third-order valence-electron chi connectivity index (χ3n) is 7.66. The Morgan fingerprint density at radius 3 is 2.52 bits per heavy atom. The van der Waals surface area contributed by atoms with Crippen molar-refractivity contribution in [2.24, 2.45) is 17.8 Å². The second-order valence-electron chi connectivity index (χ2n) is 9.69. The van der Waals surface area contributed by atoms with Crippen LogP contribution >= 0.6 is 0 Å². The van der Waals surface area contributed by atoms with Crippen molar-refractivity contribution >= 4 is 0 Å². The van der Waals surface area contributed by atoms with Gasteiger partial charge in [0, 0.05) is 11.6 Å². The molecule has 2 saturated carbocycles. The van der Waals surface area contributed by atoms with Gasteiger partial charge in [0.05, 0.1) is 12.7 Å². The van der Waals surface area contributed by atoms with Crippen LogP contribution in [0.2, 0.25) is 0 Å². The summed E-state index contributed by atoms with van der Waals surface area (Å²) in [6, 6.07) is 9.84. The van der Waals surface area contributed by atoms with Crippen LogP contribution in [0.15, 0.2) is 48.6 Å². The first kappa shape index (κ1) is 23.6. The second-order valence-corrected chi connectivity index (χ2v) is 9.69. The molecule has 2 aromatic carbocycles. The van der Waals surface area contributed by atoms with E-state index in [1.807, 2.05) is 12.1 Å². The molecule has 3 heteroatoms. The van der Waals surface area contributed by atoms with Crippen LogP contribution in [0, 0.1) is 41.2 Å². The van der Waals surface area contributed by atoms with Gasteiger partial charge in [-0.05, 0) is 105 Å². The van der Waals surface area contributed by atoms with Gasteiger partial charge in [0.25, 0.3) is 0 Å². The lowest BCUT2D eigenvalue weighted by atomic mass is 9.63. The third-order valence-corrected chi connectivity index (χ3v) is 7.66. The molecule has 2 aromatic rings. The van der Waals surface area contributed by atoms with Crippen molar-refractivity contribution in [1.29, 1.82) is 0 Å². The summed E-state index contributed by atoms with van der Waals surface area (Å²) in [6.07, 6.45) is 14.3. The van der Waals surface area contributed by atoms with E-state index < -0.39 is 5.82 Å². The minimum atomic E-state index is -0.438. The van der Waals surface area contributed by atoms with Crippen molar-refractivity contribution in [3.05, 3.63) is 76.9 Å². The number of allylic oxidation sites excluding steroid dienone is 2. The highest BCUT2D eigenvalue weighted by atomic mass is 19.1. The zero-order valence-corrected chi connectivity index (χ0v) is 19.7. The van der Waals surface area contributed by atoms with Gasteiger partial charge in [-0.3, -0.25) is 0 Å². The fraction of sp³-hybridized carbons (Fsp3) is 0.467. The molecule has 1 nitrogen and oxygen atoms in total. The number of rotatable bonds is 5. The van der Waals surface area contributed by atoms with Crippen LogP contribution in [0.5, 0.6) is 5.75 Å². The molecule has 0 amide bonds. The normalized spacial score (nSPS) is 24.7. The van der Waals surface area contributed by atoms with Gasteiger partial charge in [-0.15, -0.1) is 0 Å². The predicted molar refractivity (Wildman–Crippen MR) is 130 cm³/mol. The van der Waals surface area contributed by atoms with E-state index in [4.69, 9.17) is 4.74 Å². The highest BCUT2D eigenvalue weighted by Gasteiger charge is 2.36. The van der Waals surface area contributed by atoms with E-state index in [1.165, 1.54) is 57.8 Å². The van der Waals surface area contributed by atoms with Gasteiger partial charge < -0.3 is 4.74 Å². The van der Waals surface area contributed by atoms with Gasteiger partial charge in [0.15, 0.2) is 0 Å². The van der Waals surface area contributed by atoms with Crippen molar-refractivity contribution in [3.63, 3.8) is 0 Å². The molecule has 2 fully saturated rings. The lowest BCUT2D eigenvalue weighted by Crippen LogP contribution is -2.30. The quantitative estimate of drug-likeness (QED) is 0.332. The van der Waals surface area contributed by atoms with Crippen molar-refractivity contribution in [1.82, 2.24) is 0 Å². The Hall–Kier alpha value is -2.60. The Morgan fingerprint density at radius 2 is 1.76 bits per heavy atom. The molecule has 0 spiro atoms. The standard InChI is InChI=1S/C30H34F2O/c1-3-4-5-6-21-8-11-25-19-26(13-12-24(25)17-21)28-16-9-22(18-30(28)32)7-10-23-14-15-27(33-2)20-29(23)31/h3-4,9,14-16,18,20-21,24-26H,5-6,8,11-13,17,19H2,1-2H3/b4-3+. The van der Waals surface area contributed by atoms with Gasteiger partial charge in [0.1, 0.15) is 17.4 Å². The van der Waals surface area contributed by atoms with Gasteiger partial charge in [-0.1, -0.05) is 36.5 Å². The molecule has 33 heavy (non-hydrogen) atoms. The van der Waals surface area contributed by atoms with Gasteiger partial charge in [0.2, 0.25) is 0 Å². The summed E-state index contributed by atoms with van der Waals surface area (Å²) in [4.78, 5) is 0. The average Bonchev–Trinajstić information content (AvgIpc) is 2.83. The van der Waals surface area contributed by atoms with E-state index in [-0.39, 0.29) is 11.4 Å². The van der Waals surface area contributed by atoms with Gasteiger partial charge in [-0.2, -0.15) is 0 Å². The maximum atomic E-state index is 15.0. The molecule has 4 unspecified atom stereocenters. The van der Waals surface area contributed by atoms with Crippen molar-refractivity contribution < 1.29 is 13.5 Å². The first-order valence-corrected chi connectivity index (χ1v) is 12.3. The number of halogens is 2. The van der Waals surface area contributed by atoms with Crippen molar-refractivity contribution in [3.8, 4) is 17.6 Å². The van der Waals surface area contributed by atoms with Gasteiger partial charge >= 0.3 is 0 Å². The van der Waals surface area contributed by atoms with Crippen molar-refractivity contribution in [2.75, 3.05) is 7.11 Å². The molecule has 4 rings (SSSR count). The van der Waals surface area contributed by atoms with E-state index in [2.05, 4.69) is 30.9 Å². The van der Waals surface area contributed by atoms with Crippen LogP contribution < -0.4 is 4.74 Å². The molecule has 0 saturated heterocycles. The molecule has 2 aliphatic carbocycles. The maximum Gasteiger partial charge on any atom is 0.142 e. The van der Waals surface area contributed by atoms with E-state index in [1.54, 1.807) is 12.1 Å². The average molecular weight is 449 g/mol. The zero-order valence-electron chi connectivity index (χ0n) is 19.7. The lowest BCUT2D eigenvalue weighted by molar-refractivity contribution is 0.114. The first-order valence-electron chi connectivity index (χ1n) is 12.3. The minimum absolute atomic E-state index is 0.180. The predicted octanol–water partition coefficient (Wildman–Crippen LogP) is 8.03. The maximum absolute atomic E-state index is 15.0. The van der Waals surface area contributed by atoms with Crippen LogP contribution in [0.1, 0.15) is 80.9 Å². The monoisotopic (exact) mass is 448 g/mol. The number of fused-ring (bicyclic) bond motifs is 1. The molecule has 0 N–H and O–H groups in total. The summed E-state index contributed by atoms with van der Waals surface area (Å²) in [7, 11) is 1.49. The number of hydrogen-bond donors (Lipinski definition) is 0. The largest absolute Gasteiger partial charge is 0.497 e. The summed E-state index contributed by atoms with van der Waals surface area (Å²) in [6.45, 7) is 2.09. The molecule has 174 valence electrons. The van der Waals surface area contributed by atoms with Crippen molar-refractivity contribution in [2.45, 2.75) is 64.2 Å². The summed E-state index contributed by atoms with van der Waals surface area (Å²) < 4.78 is 34.2. The van der Waals surface area contributed by atoms with Gasteiger partial charge in [-0.25, -0.2) is 8.78 Å².